The summed E-state index contributed by atoms with van der Waals surface area (Å²) < 4.78 is 0. The molecule has 2 aromatic rings. The first-order valence-electron chi connectivity index (χ1n) is 6.22. The van der Waals surface area contributed by atoms with E-state index >= 15 is 0 Å². The lowest BCUT2D eigenvalue weighted by Crippen LogP contribution is -1.94. The smallest absolute Gasteiger partial charge is 0.0149 e. The van der Waals surface area contributed by atoms with Crippen molar-refractivity contribution in [1.82, 2.24) is 0 Å². The monoisotopic (exact) mass is 212 g/mol. The highest BCUT2D eigenvalue weighted by atomic mass is 14.1. The van der Waals surface area contributed by atoms with Crippen LogP contribution in [0.1, 0.15) is 36.5 Å². The molecule has 0 heteroatoms. The van der Waals surface area contributed by atoms with Gasteiger partial charge in [0.2, 0.25) is 0 Å². The van der Waals surface area contributed by atoms with Gasteiger partial charge in [0.25, 0.3) is 0 Å². The first-order chi connectivity index (χ1) is 7.74. The Balaban J connectivity index is 2.61. The van der Waals surface area contributed by atoms with Gasteiger partial charge in [-0.3, -0.25) is 0 Å². The van der Waals surface area contributed by atoms with Crippen LogP contribution >= 0.6 is 0 Å². The van der Waals surface area contributed by atoms with E-state index in [-0.39, 0.29) is 0 Å². The summed E-state index contributed by atoms with van der Waals surface area (Å²) in [6.07, 6.45) is 3.76. The molecule has 0 aliphatic carbocycles. The van der Waals surface area contributed by atoms with Crippen LogP contribution in [0.2, 0.25) is 0 Å². The summed E-state index contributed by atoms with van der Waals surface area (Å²) in [4.78, 5) is 0. The molecule has 0 spiro atoms. The van der Waals surface area contributed by atoms with Gasteiger partial charge in [-0.05, 0) is 54.2 Å². The van der Waals surface area contributed by atoms with Gasteiger partial charge >= 0.3 is 0 Å². The molecule has 0 N–H and O–H groups in total. The van der Waals surface area contributed by atoms with Crippen LogP contribution in [0.15, 0.2) is 30.3 Å². The van der Waals surface area contributed by atoms with Gasteiger partial charge in [0.15, 0.2) is 0 Å². The second-order valence-electron chi connectivity index (χ2n) is 4.62. The van der Waals surface area contributed by atoms with E-state index < -0.39 is 0 Å². The van der Waals surface area contributed by atoms with Gasteiger partial charge in [-0.15, -0.1) is 0 Å². The lowest BCUT2D eigenvalue weighted by atomic mass is 9.92. The highest BCUT2D eigenvalue weighted by molar-refractivity contribution is 5.87. The minimum atomic E-state index is 1.21. The highest BCUT2D eigenvalue weighted by Gasteiger charge is 2.06. The lowest BCUT2D eigenvalue weighted by molar-refractivity contribution is 0.794. The van der Waals surface area contributed by atoms with E-state index in [1.807, 2.05) is 0 Å². The maximum atomic E-state index is 2.31. The summed E-state index contributed by atoms with van der Waals surface area (Å²) in [6.45, 7) is 6.73. The topological polar surface area (TPSA) is 0 Å². The van der Waals surface area contributed by atoms with Crippen LogP contribution in [0.25, 0.3) is 10.8 Å². The van der Waals surface area contributed by atoms with Crippen LogP contribution in [0.4, 0.5) is 0 Å². The standard InChI is InChI=1S/C16H20/c1-4-5-9-15-13(3)12(2)11-14-8-6-7-10-16(14)15/h6-8,10-11H,4-5,9H2,1-3H3. The van der Waals surface area contributed by atoms with Gasteiger partial charge in [0.05, 0.1) is 0 Å². The third-order valence-corrected chi connectivity index (χ3v) is 3.48. The highest BCUT2D eigenvalue weighted by Crippen LogP contribution is 2.26. The molecule has 0 saturated carbocycles. The second-order valence-corrected chi connectivity index (χ2v) is 4.62. The van der Waals surface area contributed by atoms with Crippen molar-refractivity contribution in [1.29, 1.82) is 0 Å². The van der Waals surface area contributed by atoms with E-state index in [4.69, 9.17) is 0 Å². The van der Waals surface area contributed by atoms with Crippen LogP contribution in [0, 0.1) is 13.8 Å². The molecule has 16 heavy (non-hydrogen) atoms. The summed E-state index contributed by atoms with van der Waals surface area (Å²) in [5.74, 6) is 0. The minimum Gasteiger partial charge on any atom is -0.0654 e. The molecule has 0 radical (unpaired) electrons. The molecule has 0 aliphatic heterocycles. The second kappa shape index (κ2) is 4.69. The van der Waals surface area contributed by atoms with E-state index in [0.29, 0.717) is 0 Å². The van der Waals surface area contributed by atoms with Gasteiger partial charge in [0, 0.05) is 0 Å². The zero-order valence-corrected chi connectivity index (χ0v) is 10.5. The number of fused-ring (bicyclic) bond motifs is 1. The van der Waals surface area contributed by atoms with E-state index in [0.717, 1.165) is 0 Å². The van der Waals surface area contributed by atoms with Crippen molar-refractivity contribution >= 4 is 10.8 Å². The lowest BCUT2D eigenvalue weighted by Gasteiger charge is -2.12. The fourth-order valence-corrected chi connectivity index (χ4v) is 2.35. The van der Waals surface area contributed by atoms with Crippen molar-refractivity contribution in [2.24, 2.45) is 0 Å². The average molecular weight is 212 g/mol. The first-order valence-corrected chi connectivity index (χ1v) is 6.22. The molecule has 2 rings (SSSR count). The maximum Gasteiger partial charge on any atom is -0.0149 e. The minimum absolute atomic E-state index is 1.21. The SMILES string of the molecule is CCCCc1c(C)c(C)cc2ccccc12. The summed E-state index contributed by atoms with van der Waals surface area (Å²) >= 11 is 0. The number of benzene rings is 2. The van der Waals surface area contributed by atoms with Crippen LogP contribution in [-0.4, -0.2) is 0 Å². The molecule has 0 bridgehead atoms. The summed E-state index contributed by atoms with van der Waals surface area (Å²) in [5, 5.41) is 2.83. The quantitative estimate of drug-likeness (QED) is 0.685. The van der Waals surface area contributed by atoms with Crippen molar-refractivity contribution in [3.63, 3.8) is 0 Å². The molecule has 0 nitrogen and oxygen atoms in total. The van der Waals surface area contributed by atoms with Crippen LogP contribution in [0.3, 0.4) is 0 Å². The largest absolute Gasteiger partial charge is 0.0654 e. The Kier molecular flexibility index (Phi) is 3.28. The molecule has 0 amide bonds. The molecule has 0 saturated heterocycles. The van der Waals surface area contributed by atoms with Crippen molar-refractivity contribution in [3.8, 4) is 0 Å². The van der Waals surface area contributed by atoms with Crippen LogP contribution in [-0.2, 0) is 6.42 Å². The Morgan fingerprint density at radius 2 is 1.81 bits per heavy atom. The molecule has 0 fully saturated rings. The zero-order chi connectivity index (χ0) is 11.5. The van der Waals surface area contributed by atoms with Gasteiger partial charge in [-0.25, -0.2) is 0 Å². The summed E-state index contributed by atoms with van der Waals surface area (Å²) in [6, 6.07) is 11.1. The third-order valence-electron chi connectivity index (χ3n) is 3.48. The molecule has 0 heterocycles. The van der Waals surface area contributed by atoms with Gasteiger partial charge in [-0.1, -0.05) is 43.7 Å². The predicted octanol–water partition coefficient (Wildman–Crippen LogP) is 4.80. The molecule has 84 valence electrons. The molecule has 0 unspecified atom stereocenters. The van der Waals surface area contributed by atoms with Gasteiger partial charge in [0.1, 0.15) is 0 Å². The maximum absolute atomic E-state index is 2.31. The molecular formula is C16H20. The number of hydrogen-bond acceptors (Lipinski definition) is 0. The molecule has 0 aliphatic rings. The molecular weight excluding hydrogens is 192 g/mol. The Labute approximate surface area is 98.3 Å². The Bertz CT molecular complexity index is 495. The van der Waals surface area contributed by atoms with E-state index in [9.17, 15) is 0 Å². The van der Waals surface area contributed by atoms with Gasteiger partial charge in [-0.2, -0.15) is 0 Å². The number of aryl methyl sites for hydroxylation is 2. The third kappa shape index (κ3) is 1.97. The van der Waals surface area contributed by atoms with Crippen molar-refractivity contribution in [3.05, 3.63) is 47.0 Å². The summed E-state index contributed by atoms with van der Waals surface area (Å²) in [5.41, 5.74) is 4.45. The van der Waals surface area contributed by atoms with Crippen LogP contribution in [0.5, 0.6) is 0 Å². The summed E-state index contributed by atoms with van der Waals surface area (Å²) in [7, 11) is 0. The molecule has 0 aromatic heterocycles. The molecule has 0 atom stereocenters. The molecule has 2 aromatic carbocycles. The number of unbranched alkanes of at least 4 members (excludes halogenated alkanes) is 1. The van der Waals surface area contributed by atoms with E-state index in [1.165, 1.54) is 41.2 Å². The fraction of sp³-hybridized carbons (Fsp3) is 0.375. The van der Waals surface area contributed by atoms with E-state index in [2.05, 4.69) is 51.1 Å². The zero-order valence-electron chi connectivity index (χ0n) is 10.5. The number of rotatable bonds is 3. The Morgan fingerprint density at radius 1 is 1.06 bits per heavy atom. The number of hydrogen-bond donors (Lipinski definition) is 0. The normalized spacial score (nSPS) is 10.9. The van der Waals surface area contributed by atoms with E-state index in [1.54, 1.807) is 5.56 Å². The fourth-order valence-electron chi connectivity index (χ4n) is 2.35. The first kappa shape index (κ1) is 11.2. The van der Waals surface area contributed by atoms with Crippen molar-refractivity contribution < 1.29 is 0 Å². The van der Waals surface area contributed by atoms with Crippen LogP contribution < -0.4 is 0 Å². The van der Waals surface area contributed by atoms with Gasteiger partial charge < -0.3 is 0 Å². The van der Waals surface area contributed by atoms with Crippen molar-refractivity contribution in [2.45, 2.75) is 40.0 Å². The average Bonchev–Trinajstić information content (AvgIpc) is 2.30. The predicted molar refractivity (Wildman–Crippen MR) is 72.0 cm³/mol. The Hall–Kier alpha value is -1.30. The van der Waals surface area contributed by atoms with Crippen molar-refractivity contribution in [2.75, 3.05) is 0 Å². The Morgan fingerprint density at radius 3 is 2.56 bits per heavy atom.